The second-order valence-electron chi connectivity index (χ2n) is 5.58. The van der Waals surface area contributed by atoms with Crippen molar-refractivity contribution in [3.63, 3.8) is 0 Å². The third kappa shape index (κ3) is 3.97. The maximum Gasteiger partial charge on any atom is 0.231 e. The molecule has 0 atom stereocenters. The first kappa shape index (κ1) is 17.0. The number of fused-ring (bicyclic) bond motifs is 1. The number of nitrogens with one attached hydrogen (secondary N) is 1. The van der Waals surface area contributed by atoms with Gasteiger partial charge in [0.1, 0.15) is 0 Å². The molecule has 6 heteroatoms. The van der Waals surface area contributed by atoms with Crippen LogP contribution in [0.5, 0.6) is 11.5 Å². The van der Waals surface area contributed by atoms with E-state index in [1.807, 2.05) is 0 Å². The van der Waals surface area contributed by atoms with Crippen LogP contribution in [0.3, 0.4) is 0 Å². The molecular weight excluding hydrogens is 346 g/mol. The van der Waals surface area contributed by atoms with E-state index in [1.54, 1.807) is 23.9 Å². The highest BCUT2D eigenvalue weighted by Gasteiger charge is 2.17. The fraction of sp³-hybridized carbons (Fsp3) is 0.278. The summed E-state index contributed by atoms with van der Waals surface area (Å²) in [5, 5.41) is 3.27. The van der Waals surface area contributed by atoms with Gasteiger partial charge in [0.05, 0.1) is 10.7 Å². The molecule has 24 heavy (non-hydrogen) atoms. The molecule has 1 aliphatic heterocycles. The SMILES string of the molecule is Cc1ccc(SCCC(=O)Nc2cc3c(cc2Cl)OCO3)cc1C. The number of halogens is 1. The molecule has 1 aliphatic rings. The first-order valence-corrected chi connectivity index (χ1v) is 8.98. The summed E-state index contributed by atoms with van der Waals surface area (Å²) in [6, 6.07) is 9.68. The quantitative estimate of drug-likeness (QED) is 0.774. The van der Waals surface area contributed by atoms with Crippen molar-refractivity contribution in [1.82, 2.24) is 0 Å². The van der Waals surface area contributed by atoms with E-state index in [-0.39, 0.29) is 12.7 Å². The maximum absolute atomic E-state index is 12.1. The number of carbonyl (C=O) groups is 1. The molecule has 0 fully saturated rings. The second-order valence-corrected chi connectivity index (χ2v) is 7.15. The molecule has 0 saturated heterocycles. The smallest absolute Gasteiger partial charge is 0.231 e. The van der Waals surface area contributed by atoms with Gasteiger partial charge in [-0.25, -0.2) is 0 Å². The minimum Gasteiger partial charge on any atom is -0.454 e. The first-order valence-electron chi connectivity index (χ1n) is 7.62. The molecule has 0 bridgehead atoms. The van der Waals surface area contributed by atoms with Gasteiger partial charge in [0.15, 0.2) is 11.5 Å². The van der Waals surface area contributed by atoms with Crippen LogP contribution in [-0.2, 0) is 4.79 Å². The van der Waals surface area contributed by atoms with Crippen LogP contribution >= 0.6 is 23.4 Å². The Labute approximate surface area is 150 Å². The van der Waals surface area contributed by atoms with Crippen molar-refractivity contribution in [1.29, 1.82) is 0 Å². The van der Waals surface area contributed by atoms with Crippen LogP contribution in [0.1, 0.15) is 17.5 Å². The van der Waals surface area contributed by atoms with Crippen LogP contribution in [0.4, 0.5) is 5.69 Å². The minimum atomic E-state index is -0.0768. The van der Waals surface area contributed by atoms with Crippen LogP contribution in [0, 0.1) is 13.8 Å². The maximum atomic E-state index is 12.1. The Bertz CT molecular complexity index is 779. The molecule has 0 radical (unpaired) electrons. The van der Waals surface area contributed by atoms with Gasteiger partial charge in [-0.2, -0.15) is 0 Å². The van der Waals surface area contributed by atoms with E-state index in [9.17, 15) is 4.79 Å². The number of carbonyl (C=O) groups excluding carboxylic acids is 1. The molecule has 0 spiro atoms. The number of aryl methyl sites for hydroxylation is 2. The number of thioether (sulfide) groups is 1. The van der Waals surface area contributed by atoms with Gasteiger partial charge in [0.25, 0.3) is 0 Å². The number of hydrogen-bond acceptors (Lipinski definition) is 4. The average molecular weight is 364 g/mol. The summed E-state index contributed by atoms with van der Waals surface area (Å²) >= 11 is 7.83. The Kier molecular flexibility index (Phi) is 5.21. The van der Waals surface area contributed by atoms with Crippen LogP contribution in [0.2, 0.25) is 5.02 Å². The highest BCUT2D eigenvalue weighted by Crippen LogP contribution is 2.39. The highest BCUT2D eigenvalue weighted by atomic mass is 35.5. The molecule has 1 N–H and O–H groups in total. The van der Waals surface area contributed by atoms with E-state index in [0.717, 1.165) is 0 Å². The summed E-state index contributed by atoms with van der Waals surface area (Å²) in [7, 11) is 0. The summed E-state index contributed by atoms with van der Waals surface area (Å²) in [6.07, 6.45) is 0.405. The van der Waals surface area contributed by atoms with E-state index < -0.39 is 0 Å². The van der Waals surface area contributed by atoms with Crippen LogP contribution in [-0.4, -0.2) is 18.5 Å². The van der Waals surface area contributed by atoms with Gasteiger partial charge in [-0.3, -0.25) is 4.79 Å². The Morgan fingerprint density at radius 3 is 2.67 bits per heavy atom. The minimum absolute atomic E-state index is 0.0768. The average Bonchev–Trinajstić information content (AvgIpc) is 2.98. The van der Waals surface area contributed by atoms with Crippen molar-refractivity contribution in [3.8, 4) is 11.5 Å². The molecule has 1 heterocycles. The summed E-state index contributed by atoms with van der Waals surface area (Å²) in [6.45, 7) is 4.36. The van der Waals surface area contributed by atoms with Crippen molar-refractivity contribution in [2.75, 3.05) is 17.9 Å². The lowest BCUT2D eigenvalue weighted by atomic mass is 10.1. The van der Waals surface area contributed by atoms with Gasteiger partial charge in [-0.15, -0.1) is 11.8 Å². The Morgan fingerprint density at radius 2 is 1.92 bits per heavy atom. The molecule has 0 aromatic heterocycles. The van der Waals surface area contributed by atoms with Crippen LogP contribution in [0.15, 0.2) is 35.2 Å². The normalized spacial score (nSPS) is 12.3. The predicted octanol–water partition coefficient (Wildman–Crippen LogP) is 4.81. The van der Waals surface area contributed by atoms with Crippen molar-refractivity contribution in [2.24, 2.45) is 0 Å². The molecule has 4 nitrogen and oxygen atoms in total. The third-order valence-corrected chi connectivity index (χ3v) is 5.12. The zero-order chi connectivity index (χ0) is 17.1. The number of anilines is 1. The van der Waals surface area contributed by atoms with Crippen molar-refractivity contribution in [2.45, 2.75) is 25.2 Å². The Morgan fingerprint density at radius 1 is 1.17 bits per heavy atom. The number of amides is 1. The number of ether oxygens (including phenoxy) is 2. The highest BCUT2D eigenvalue weighted by molar-refractivity contribution is 7.99. The zero-order valence-corrected chi connectivity index (χ0v) is 15.1. The van der Waals surface area contributed by atoms with E-state index in [4.69, 9.17) is 21.1 Å². The zero-order valence-electron chi connectivity index (χ0n) is 13.5. The molecule has 1 amide bonds. The Hall–Kier alpha value is -1.85. The van der Waals surface area contributed by atoms with E-state index >= 15 is 0 Å². The molecule has 3 rings (SSSR count). The van der Waals surface area contributed by atoms with Crippen molar-refractivity contribution in [3.05, 3.63) is 46.5 Å². The van der Waals surface area contributed by atoms with E-state index in [2.05, 4.69) is 37.4 Å². The summed E-state index contributed by atoms with van der Waals surface area (Å²) < 4.78 is 10.5. The fourth-order valence-electron chi connectivity index (χ4n) is 2.29. The first-order chi connectivity index (χ1) is 11.5. The number of hydrogen-bond donors (Lipinski definition) is 1. The van der Waals surface area contributed by atoms with Crippen molar-refractivity contribution >= 4 is 35.0 Å². The van der Waals surface area contributed by atoms with Gasteiger partial charge in [-0.05, 0) is 37.1 Å². The molecule has 0 unspecified atom stereocenters. The Balaban J connectivity index is 1.53. The van der Waals surface area contributed by atoms with Crippen LogP contribution in [0.25, 0.3) is 0 Å². The summed E-state index contributed by atoms with van der Waals surface area (Å²) in [5.41, 5.74) is 3.08. The largest absolute Gasteiger partial charge is 0.454 e. The number of benzene rings is 2. The van der Waals surface area contributed by atoms with Crippen molar-refractivity contribution < 1.29 is 14.3 Å². The topological polar surface area (TPSA) is 47.6 Å². The number of rotatable bonds is 5. The van der Waals surface area contributed by atoms with E-state index in [0.29, 0.717) is 34.4 Å². The molecule has 0 saturated carbocycles. The standard InChI is InChI=1S/C18H18ClNO3S/c1-11-3-4-13(7-12(11)2)24-6-5-18(21)20-15-9-17-16(8-14(15)19)22-10-23-17/h3-4,7-9H,5-6,10H2,1-2H3,(H,20,21). The molecule has 2 aromatic carbocycles. The molecule has 2 aromatic rings. The molecular formula is C18H18ClNO3S. The van der Waals surface area contributed by atoms with E-state index in [1.165, 1.54) is 16.0 Å². The lowest BCUT2D eigenvalue weighted by molar-refractivity contribution is -0.115. The predicted molar refractivity (Wildman–Crippen MR) is 97.5 cm³/mol. The van der Waals surface area contributed by atoms with Gasteiger partial charge >= 0.3 is 0 Å². The van der Waals surface area contributed by atoms with Gasteiger partial charge in [0, 0.05) is 29.2 Å². The van der Waals surface area contributed by atoms with Gasteiger partial charge in [0.2, 0.25) is 12.7 Å². The molecule has 0 aliphatic carbocycles. The van der Waals surface area contributed by atoms with Gasteiger partial charge < -0.3 is 14.8 Å². The third-order valence-electron chi connectivity index (χ3n) is 3.81. The second kappa shape index (κ2) is 7.36. The monoisotopic (exact) mass is 363 g/mol. The summed E-state index contributed by atoms with van der Waals surface area (Å²) in [5.74, 6) is 1.82. The molecule has 126 valence electrons. The van der Waals surface area contributed by atoms with Gasteiger partial charge in [-0.1, -0.05) is 17.7 Å². The fourth-order valence-corrected chi connectivity index (χ4v) is 3.44. The lowest BCUT2D eigenvalue weighted by Gasteiger charge is -2.09. The lowest BCUT2D eigenvalue weighted by Crippen LogP contribution is -2.12. The van der Waals surface area contributed by atoms with Crippen LogP contribution < -0.4 is 14.8 Å². The summed E-state index contributed by atoms with van der Waals surface area (Å²) in [4.78, 5) is 13.3.